The summed E-state index contributed by atoms with van der Waals surface area (Å²) in [5.74, 6) is 0.375. The molecule has 1 N–H and O–H groups in total. The second-order valence-electron chi connectivity index (χ2n) is 4.97. The fourth-order valence-corrected chi connectivity index (χ4v) is 1.27. The maximum absolute atomic E-state index is 12.7. The third-order valence-electron chi connectivity index (χ3n) is 2.18. The van der Waals surface area contributed by atoms with Gasteiger partial charge in [-0.05, 0) is 32.9 Å². The molecule has 6 heteroatoms. The fourth-order valence-electron chi connectivity index (χ4n) is 1.27. The van der Waals surface area contributed by atoms with Crippen molar-refractivity contribution in [2.75, 3.05) is 0 Å². The van der Waals surface area contributed by atoms with Gasteiger partial charge in [-0.3, -0.25) is 0 Å². The van der Waals surface area contributed by atoms with Crippen molar-refractivity contribution in [1.29, 1.82) is 0 Å². The lowest BCUT2D eigenvalue weighted by molar-refractivity contribution is 0.383. The molecule has 0 spiro atoms. The monoisotopic (exact) mass is 250 g/mol. The van der Waals surface area contributed by atoms with Crippen LogP contribution in [0.25, 0.3) is 11.6 Å². The molecule has 0 aliphatic carbocycles. The molecule has 0 aliphatic rings. The molecule has 0 atom stereocenters. The first-order valence-corrected chi connectivity index (χ1v) is 5.63. The number of nitrogens with zero attached hydrogens (tertiary/aromatic N) is 3. The van der Waals surface area contributed by atoms with Crippen LogP contribution in [0.3, 0.4) is 0 Å². The summed E-state index contributed by atoms with van der Waals surface area (Å²) in [6.45, 7) is 6.63. The van der Waals surface area contributed by atoms with Gasteiger partial charge < -0.3 is 9.73 Å². The number of aromatic nitrogens is 3. The number of rotatable bonds is 3. The average molecular weight is 250 g/mol. The molecule has 0 saturated carbocycles. The molecule has 5 nitrogen and oxygen atoms in total. The zero-order valence-electron chi connectivity index (χ0n) is 10.6. The average Bonchev–Trinajstić information content (AvgIpc) is 2.75. The maximum Gasteiger partial charge on any atom is 0.266 e. The van der Waals surface area contributed by atoms with E-state index in [2.05, 4.69) is 20.5 Å². The van der Waals surface area contributed by atoms with Gasteiger partial charge >= 0.3 is 0 Å². The summed E-state index contributed by atoms with van der Waals surface area (Å²) in [6.07, 6.45) is 1.12. The molecule has 0 saturated heterocycles. The third kappa shape index (κ3) is 3.33. The van der Waals surface area contributed by atoms with Crippen molar-refractivity contribution in [2.45, 2.75) is 32.9 Å². The highest BCUT2D eigenvalue weighted by molar-refractivity contribution is 5.45. The molecule has 0 aliphatic heterocycles. The summed E-state index contributed by atoms with van der Waals surface area (Å²) in [6, 6.07) is 2.81. The number of hydrogen-bond donors (Lipinski definition) is 1. The van der Waals surface area contributed by atoms with Crippen LogP contribution in [-0.4, -0.2) is 20.7 Å². The Morgan fingerprint density at radius 2 is 2.06 bits per heavy atom. The van der Waals surface area contributed by atoms with E-state index in [0.717, 1.165) is 6.20 Å². The zero-order valence-corrected chi connectivity index (χ0v) is 10.6. The van der Waals surface area contributed by atoms with Gasteiger partial charge in [0.25, 0.3) is 5.89 Å². The first-order chi connectivity index (χ1) is 8.44. The van der Waals surface area contributed by atoms with Crippen LogP contribution < -0.4 is 5.32 Å². The van der Waals surface area contributed by atoms with E-state index in [1.807, 2.05) is 20.8 Å². The van der Waals surface area contributed by atoms with Gasteiger partial charge in [0.05, 0.1) is 12.7 Å². The molecule has 0 aromatic carbocycles. The van der Waals surface area contributed by atoms with Gasteiger partial charge in [-0.1, -0.05) is 0 Å². The molecular formula is C12H15FN4O. The van der Waals surface area contributed by atoms with Crippen molar-refractivity contribution < 1.29 is 8.81 Å². The summed E-state index contributed by atoms with van der Waals surface area (Å²) >= 11 is 0. The molecule has 2 rings (SSSR count). The van der Waals surface area contributed by atoms with Gasteiger partial charge in [0, 0.05) is 5.54 Å². The summed E-state index contributed by atoms with van der Waals surface area (Å²) in [7, 11) is 0. The normalized spacial score (nSPS) is 11.8. The topological polar surface area (TPSA) is 63.8 Å². The number of nitrogens with one attached hydrogen (secondary N) is 1. The SMILES string of the molecule is CC(C)(C)NCc1nnc(-c2ccc(F)cn2)o1. The molecule has 96 valence electrons. The molecule has 18 heavy (non-hydrogen) atoms. The van der Waals surface area contributed by atoms with Crippen molar-refractivity contribution in [2.24, 2.45) is 0 Å². The Morgan fingerprint density at radius 3 is 2.67 bits per heavy atom. The van der Waals surface area contributed by atoms with Gasteiger partial charge in [0.2, 0.25) is 5.89 Å². The lowest BCUT2D eigenvalue weighted by Crippen LogP contribution is -2.35. The minimum Gasteiger partial charge on any atom is -0.418 e. The fraction of sp³-hybridized carbons (Fsp3) is 0.417. The van der Waals surface area contributed by atoms with Crippen molar-refractivity contribution in [1.82, 2.24) is 20.5 Å². The van der Waals surface area contributed by atoms with Gasteiger partial charge in [-0.25, -0.2) is 9.37 Å². The Labute approximate surface area is 104 Å². The van der Waals surface area contributed by atoms with Crippen molar-refractivity contribution >= 4 is 0 Å². The first-order valence-electron chi connectivity index (χ1n) is 5.63. The summed E-state index contributed by atoms with van der Waals surface area (Å²) in [5, 5.41) is 11.0. The van der Waals surface area contributed by atoms with Crippen molar-refractivity contribution in [3.05, 3.63) is 30.0 Å². The van der Waals surface area contributed by atoms with Crippen LogP contribution in [0.5, 0.6) is 0 Å². The van der Waals surface area contributed by atoms with E-state index in [0.29, 0.717) is 24.0 Å². The first kappa shape index (κ1) is 12.6. The van der Waals surface area contributed by atoms with Crippen LogP contribution in [0.1, 0.15) is 26.7 Å². The molecule has 2 aromatic heterocycles. The lowest BCUT2D eigenvalue weighted by Gasteiger charge is -2.18. The number of hydrogen-bond acceptors (Lipinski definition) is 5. The zero-order chi connectivity index (χ0) is 13.2. The van der Waals surface area contributed by atoms with E-state index in [9.17, 15) is 4.39 Å². The highest BCUT2D eigenvalue weighted by Gasteiger charge is 2.13. The van der Waals surface area contributed by atoms with E-state index in [-0.39, 0.29) is 5.54 Å². The Bertz CT molecular complexity index is 516. The van der Waals surface area contributed by atoms with Crippen LogP contribution >= 0.6 is 0 Å². The smallest absolute Gasteiger partial charge is 0.266 e. The van der Waals surface area contributed by atoms with Gasteiger partial charge in [0.1, 0.15) is 11.5 Å². The lowest BCUT2D eigenvalue weighted by atomic mass is 10.1. The molecular weight excluding hydrogens is 235 g/mol. The van der Waals surface area contributed by atoms with Crippen molar-refractivity contribution in [3.63, 3.8) is 0 Å². The second-order valence-corrected chi connectivity index (χ2v) is 4.97. The van der Waals surface area contributed by atoms with E-state index in [1.54, 1.807) is 0 Å². The standard InChI is InChI=1S/C12H15FN4O/c1-12(2,3)15-7-10-16-17-11(18-10)9-5-4-8(13)6-14-9/h4-6,15H,7H2,1-3H3. The van der Waals surface area contributed by atoms with Gasteiger partial charge in [-0.15, -0.1) is 10.2 Å². The van der Waals surface area contributed by atoms with Gasteiger partial charge in [0.15, 0.2) is 0 Å². The predicted molar refractivity (Wildman–Crippen MR) is 64.1 cm³/mol. The summed E-state index contributed by atoms with van der Waals surface area (Å²) in [4.78, 5) is 3.88. The second kappa shape index (κ2) is 4.81. The molecule has 0 radical (unpaired) electrons. The highest BCUT2D eigenvalue weighted by Crippen LogP contribution is 2.15. The Balaban J connectivity index is 2.08. The molecule has 0 amide bonds. The molecule has 2 heterocycles. The third-order valence-corrected chi connectivity index (χ3v) is 2.18. The van der Waals surface area contributed by atoms with Crippen LogP contribution in [0.4, 0.5) is 4.39 Å². The van der Waals surface area contributed by atoms with Crippen LogP contribution in [0.2, 0.25) is 0 Å². The maximum atomic E-state index is 12.7. The minimum absolute atomic E-state index is 0.0250. The van der Waals surface area contributed by atoms with E-state index >= 15 is 0 Å². The van der Waals surface area contributed by atoms with E-state index < -0.39 is 5.82 Å². The molecule has 0 bridgehead atoms. The van der Waals surface area contributed by atoms with E-state index in [1.165, 1.54) is 12.1 Å². The van der Waals surface area contributed by atoms with Crippen molar-refractivity contribution in [3.8, 4) is 11.6 Å². The van der Waals surface area contributed by atoms with Crippen LogP contribution in [0, 0.1) is 5.82 Å². The van der Waals surface area contributed by atoms with Crippen LogP contribution in [-0.2, 0) is 6.54 Å². The molecule has 0 fully saturated rings. The number of pyridine rings is 1. The summed E-state index contributed by atoms with van der Waals surface area (Å²) in [5.41, 5.74) is 0.439. The molecule has 0 unspecified atom stereocenters. The summed E-state index contributed by atoms with van der Waals surface area (Å²) < 4.78 is 18.2. The highest BCUT2D eigenvalue weighted by atomic mass is 19.1. The molecule has 2 aromatic rings. The Hall–Kier alpha value is -1.82. The predicted octanol–water partition coefficient (Wildman–Crippen LogP) is 2.16. The number of halogens is 1. The largest absolute Gasteiger partial charge is 0.418 e. The Morgan fingerprint density at radius 1 is 1.28 bits per heavy atom. The van der Waals surface area contributed by atoms with Gasteiger partial charge in [-0.2, -0.15) is 0 Å². The van der Waals surface area contributed by atoms with E-state index in [4.69, 9.17) is 4.42 Å². The van der Waals surface area contributed by atoms with Crippen LogP contribution in [0.15, 0.2) is 22.7 Å². The minimum atomic E-state index is -0.395. The quantitative estimate of drug-likeness (QED) is 0.904. The Kier molecular flexibility index (Phi) is 3.38.